The molecule has 0 unspecified atom stereocenters. The fourth-order valence-corrected chi connectivity index (χ4v) is 2.94. The van der Waals surface area contributed by atoms with E-state index in [1.54, 1.807) is 13.0 Å². The van der Waals surface area contributed by atoms with Crippen molar-refractivity contribution in [3.05, 3.63) is 39.4 Å². The molecule has 0 amide bonds. The molecule has 0 bridgehead atoms. The minimum absolute atomic E-state index is 0.0948. The van der Waals surface area contributed by atoms with Gasteiger partial charge in [0.2, 0.25) is 0 Å². The fraction of sp³-hybridized carbons (Fsp3) is 0.562. The molecule has 1 heterocycles. The van der Waals surface area contributed by atoms with Gasteiger partial charge in [-0.15, -0.1) is 0 Å². The molecule has 22 heavy (non-hydrogen) atoms. The van der Waals surface area contributed by atoms with Crippen molar-refractivity contribution in [2.45, 2.75) is 39.2 Å². The Morgan fingerprint density at radius 2 is 2.00 bits per heavy atom. The Bertz CT molecular complexity index is 578. The molecule has 1 saturated heterocycles. The Morgan fingerprint density at radius 3 is 2.59 bits per heavy atom. The quantitative estimate of drug-likeness (QED) is 0.522. The molecule has 0 spiro atoms. The summed E-state index contributed by atoms with van der Waals surface area (Å²) in [6.07, 6.45) is 2.02. The van der Waals surface area contributed by atoms with Gasteiger partial charge in [-0.05, 0) is 26.3 Å². The van der Waals surface area contributed by atoms with E-state index in [0.717, 1.165) is 25.9 Å². The van der Waals surface area contributed by atoms with Gasteiger partial charge in [0.05, 0.1) is 23.6 Å². The minimum Gasteiger partial charge on any atom is -0.456 e. The van der Waals surface area contributed by atoms with Gasteiger partial charge in [-0.25, -0.2) is 4.79 Å². The van der Waals surface area contributed by atoms with Crippen molar-refractivity contribution in [1.29, 1.82) is 0 Å². The second kappa shape index (κ2) is 6.44. The molecule has 0 atom stereocenters. The zero-order chi connectivity index (χ0) is 16.3. The summed E-state index contributed by atoms with van der Waals surface area (Å²) in [5, 5.41) is 13.1. The number of carbonyl (C=O) groups is 1. The van der Waals surface area contributed by atoms with Crippen LogP contribution in [0.5, 0.6) is 0 Å². The molecule has 6 nitrogen and oxygen atoms in total. The number of nitrogens with two attached hydrogens (primary N) is 1. The normalized spacial score (nSPS) is 16.3. The molecule has 6 heteroatoms. The number of nitrogens with zero attached hydrogens (tertiary/aromatic N) is 1. The molecular weight excluding hydrogens is 284 g/mol. The van der Waals surface area contributed by atoms with Gasteiger partial charge in [0.15, 0.2) is 0 Å². The SMILES string of the molecule is Cc1ccc([N+](=O)[O-])cc1C(=O)OC(C)(C)C1CC[NH2+]CC1. The van der Waals surface area contributed by atoms with E-state index in [1.807, 2.05) is 13.8 Å². The van der Waals surface area contributed by atoms with Crippen LogP contribution in [0.3, 0.4) is 0 Å². The van der Waals surface area contributed by atoms with Crippen LogP contribution < -0.4 is 5.32 Å². The molecule has 1 aromatic carbocycles. The molecule has 1 aliphatic rings. The van der Waals surface area contributed by atoms with Crippen LogP contribution in [0.1, 0.15) is 42.6 Å². The van der Waals surface area contributed by atoms with Gasteiger partial charge in [-0.1, -0.05) is 6.07 Å². The first kappa shape index (κ1) is 16.4. The molecule has 1 fully saturated rings. The second-order valence-corrected chi connectivity index (χ2v) is 6.39. The van der Waals surface area contributed by atoms with E-state index < -0.39 is 16.5 Å². The smallest absolute Gasteiger partial charge is 0.339 e. The number of hydrogen-bond donors (Lipinski definition) is 1. The first-order chi connectivity index (χ1) is 10.3. The van der Waals surface area contributed by atoms with Crippen LogP contribution in [0.25, 0.3) is 0 Å². The number of hydrogen-bond acceptors (Lipinski definition) is 4. The van der Waals surface area contributed by atoms with E-state index in [0.29, 0.717) is 11.5 Å². The second-order valence-electron chi connectivity index (χ2n) is 6.39. The lowest BCUT2D eigenvalue weighted by atomic mass is 9.83. The summed E-state index contributed by atoms with van der Waals surface area (Å²) in [5.74, 6) is -0.166. The summed E-state index contributed by atoms with van der Waals surface area (Å²) in [7, 11) is 0. The Labute approximate surface area is 130 Å². The van der Waals surface area contributed by atoms with Crippen molar-refractivity contribution in [2.75, 3.05) is 13.1 Å². The summed E-state index contributed by atoms with van der Waals surface area (Å²) in [6, 6.07) is 4.27. The zero-order valence-corrected chi connectivity index (χ0v) is 13.3. The van der Waals surface area contributed by atoms with Gasteiger partial charge < -0.3 is 10.1 Å². The Hall–Kier alpha value is -1.95. The highest BCUT2D eigenvalue weighted by Crippen LogP contribution is 2.29. The molecule has 2 rings (SSSR count). The van der Waals surface area contributed by atoms with Crippen LogP contribution in [0.4, 0.5) is 5.69 Å². The van der Waals surface area contributed by atoms with E-state index in [-0.39, 0.29) is 11.3 Å². The number of esters is 1. The van der Waals surface area contributed by atoms with E-state index in [9.17, 15) is 14.9 Å². The summed E-state index contributed by atoms with van der Waals surface area (Å²) in [5.41, 5.74) is 0.290. The number of nitro benzene ring substituents is 1. The number of non-ortho nitro benzene ring substituents is 1. The Morgan fingerprint density at radius 1 is 1.36 bits per heavy atom. The van der Waals surface area contributed by atoms with Crippen molar-refractivity contribution >= 4 is 11.7 Å². The Kier molecular flexibility index (Phi) is 4.81. The third kappa shape index (κ3) is 3.62. The van der Waals surface area contributed by atoms with Crippen molar-refractivity contribution in [3.63, 3.8) is 0 Å². The topological polar surface area (TPSA) is 86.0 Å². The van der Waals surface area contributed by atoms with Crippen molar-refractivity contribution < 1.29 is 19.8 Å². The average molecular weight is 307 g/mol. The Balaban J connectivity index is 2.17. The van der Waals surface area contributed by atoms with Gasteiger partial charge in [-0.3, -0.25) is 10.1 Å². The van der Waals surface area contributed by atoms with Crippen molar-refractivity contribution in [3.8, 4) is 0 Å². The largest absolute Gasteiger partial charge is 0.456 e. The third-order valence-electron chi connectivity index (χ3n) is 4.43. The highest BCUT2D eigenvalue weighted by atomic mass is 16.6. The third-order valence-corrected chi connectivity index (χ3v) is 4.43. The van der Waals surface area contributed by atoms with Crippen LogP contribution in [-0.2, 0) is 4.74 Å². The summed E-state index contributed by atoms with van der Waals surface area (Å²) in [6.45, 7) is 7.69. The maximum Gasteiger partial charge on any atom is 0.339 e. The monoisotopic (exact) mass is 307 g/mol. The summed E-state index contributed by atoms with van der Waals surface area (Å²) in [4.78, 5) is 22.8. The standard InChI is InChI=1S/C16H22N2O4/c1-11-4-5-13(18(20)21)10-14(11)15(19)22-16(2,3)12-6-8-17-9-7-12/h4-5,10,12,17H,6-9H2,1-3H3/p+1. The maximum absolute atomic E-state index is 12.4. The number of rotatable bonds is 4. The van der Waals surface area contributed by atoms with Crippen LogP contribution in [0, 0.1) is 23.0 Å². The number of aryl methyl sites for hydroxylation is 1. The van der Waals surface area contributed by atoms with E-state index in [1.165, 1.54) is 12.1 Å². The number of piperidine rings is 1. The number of carbonyl (C=O) groups excluding carboxylic acids is 1. The zero-order valence-electron chi connectivity index (χ0n) is 13.3. The minimum atomic E-state index is -0.567. The van der Waals surface area contributed by atoms with Crippen LogP contribution >= 0.6 is 0 Å². The molecule has 0 aromatic heterocycles. The molecule has 0 radical (unpaired) electrons. The predicted molar refractivity (Wildman–Crippen MR) is 81.7 cm³/mol. The lowest BCUT2D eigenvalue weighted by Crippen LogP contribution is -2.86. The van der Waals surface area contributed by atoms with Crippen LogP contribution in [-0.4, -0.2) is 29.6 Å². The summed E-state index contributed by atoms with van der Waals surface area (Å²) >= 11 is 0. The lowest BCUT2D eigenvalue weighted by molar-refractivity contribution is -0.665. The van der Waals surface area contributed by atoms with Crippen LogP contribution in [0.15, 0.2) is 18.2 Å². The number of nitro groups is 1. The maximum atomic E-state index is 12.4. The van der Waals surface area contributed by atoms with Crippen molar-refractivity contribution in [1.82, 2.24) is 0 Å². The van der Waals surface area contributed by atoms with Gasteiger partial charge in [-0.2, -0.15) is 0 Å². The molecule has 0 aliphatic carbocycles. The van der Waals surface area contributed by atoms with E-state index in [4.69, 9.17) is 4.74 Å². The number of quaternary nitrogens is 1. The van der Waals surface area contributed by atoms with Crippen molar-refractivity contribution in [2.24, 2.45) is 5.92 Å². The molecular formula is C16H23N2O4+. The van der Waals surface area contributed by atoms with Gasteiger partial charge >= 0.3 is 5.97 Å². The molecule has 0 saturated carbocycles. The first-order valence-corrected chi connectivity index (χ1v) is 7.61. The van der Waals surface area contributed by atoms with Gasteiger partial charge in [0, 0.05) is 30.9 Å². The predicted octanol–water partition coefficient (Wildman–Crippen LogP) is 1.81. The van der Waals surface area contributed by atoms with Gasteiger partial charge in [0.1, 0.15) is 5.60 Å². The van der Waals surface area contributed by atoms with E-state index in [2.05, 4.69) is 5.32 Å². The number of benzene rings is 1. The fourth-order valence-electron chi connectivity index (χ4n) is 2.94. The molecule has 120 valence electrons. The van der Waals surface area contributed by atoms with Crippen LogP contribution in [0.2, 0.25) is 0 Å². The molecule has 1 aromatic rings. The lowest BCUT2D eigenvalue weighted by Gasteiger charge is -2.35. The van der Waals surface area contributed by atoms with E-state index >= 15 is 0 Å². The first-order valence-electron chi connectivity index (χ1n) is 7.61. The van der Waals surface area contributed by atoms with Gasteiger partial charge in [0.25, 0.3) is 5.69 Å². The molecule has 2 N–H and O–H groups in total. The number of ether oxygens (including phenoxy) is 1. The summed E-state index contributed by atoms with van der Waals surface area (Å²) < 4.78 is 5.70. The highest BCUT2D eigenvalue weighted by molar-refractivity contribution is 5.92. The molecule has 1 aliphatic heterocycles. The average Bonchev–Trinajstić information content (AvgIpc) is 2.47. The highest BCUT2D eigenvalue weighted by Gasteiger charge is 2.36.